The summed E-state index contributed by atoms with van der Waals surface area (Å²) < 4.78 is 12.2. The number of benzene rings is 1. The molecule has 3 heteroatoms. The summed E-state index contributed by atoms with van der Waals surface area (Å²) >= 11 is 0. The zero-order valence-corrected chi connectivity index (χ0v) is 12.0. The first-order chi connectivity index (χ1) is 7.71. The fourth-order valence-corrected chi connectivity index (χ4v) is 2.94. The van der Waals surface area contributed by atoms with Crippen molar-refractivity contribution in [3.8, 4) is 0 Å². The fraction of sp³-hybridized carbons (Fsp3) is 0.500. The lowest BCUT2D eigenvalue weighted by molar-refractivity contribution is -0.123. The molecule has 1 aromatic rings. The van der Waals surface area contributed by atoms with Gasteiger partial charge in [0.1, 0.15) is 0 Å². The lowest BCUT2D eigenvalue weighted by Crippen LogP contribution is -2.26. The SMILES string of the molecule is Cc1ccc(C)c(S(=O)CC(=O)C(C)(C)C)c1. The number of Topliss-reactive ketones (excluding diaryl/α,β-unsaturated/α-hetero) is 1. The van der Waals surface area contributed by atoms with E-state index in [1.54, 1.807) is 0 Å². The Morgan fingerprint density at radius 3 is 2.35 bits per heavy atom. The van der Waals surface area contributed by atoms with Crippen LogP contribution in [-0.2, 0) is 15.6 Å². The molecular weight excluding hydrogens is 232 g/mol. The molecule has 0 amide bonds. The number of aryl methyl sites for hydroxylation is 2. The first kappa shape index (κ1) is 14.1. The van der Waals surface area contributed by atoms with Gasteiger partial charge < -0.3 is 0 Å². The molecule has 0 aliphatic rings. The van der Waals surface area contributed by atoms with Gasteiger partial charge in [-0.25, -0.2) is 0 Å². The zero-order valence-electron chi connectivity index (χ0n) is 11.2. The third-order valence-corrected chi connectivity index (χ3v) is 4.14. The van der Waals surface area contributed by atoms with E-state index in [0.29, 0.717) is 0 Å². The molecule has 0 radical (unpaired) electrons. The van der Waals surface area contributed by atoms with E-state index in [4.69, 9.17) is 0 Å². The van der Waals surface area contributed by atoms with E-state index in [0.717, 1.165) is 16.0 Å². The second kappa shape index (κ2) is 5.13. The molecule has 0 fully saturated rings. The Morgan fingerprint density at radius 2 is 1.82 bits per heavy atom. The summed E-state index contributed by atoms with van der Waals surface area (Å²) in [4.78, 5) is 12.6. The summed E-state index contributed by atoms with van der Waals surface area (Å²) in [5, 5.41) is 0. The summed E-state index contributed by atoms with van der Waals surface area (Å²) in [6, 6.07) is 5.84. The van der Waals surface area contributed by atoms with E-state index < -0.39 is 16.2 Å². The van der Waals surface area contributed by atoms with E-state index in [-0.39, 0.29) is 11.5 Å². The maximum absolute atomic E-state index is 12.2. The average molecular weight is 252 g/mol. The Kier molecular flexibility index (Phi) is 4.26. The molecule has 0 aliphatic carbocycles. The van der Waals surface area contributed by atoms with Crippen LogP contribution in [0.5, 0.6) is 0 Å². The molecule has 1 unspecified atom stereocenters. The van der Waals surface area contributed by atoms with Crippen LogP contribution in [0.3, 0.4) is 0 Å². The lowest BCUT2D eigenvalue weighted by atomic mass is 9.92. The first-order valence-electron chi connectivity index (χ1n) is 5.71. The van der Waals surface area contributed by atoms with Crippen molar-refractivity contribution in [2.75, 3.05) is 5.75 Å². The molecule has 1 rings (SSSR count). The minimum Gasteiger partial charge on any atom is -0.298 e. The van der Waals surface area contributed by atoms with Gasteiger partial charge >= 0.3 is 0 Å². The van der Waals surface area contributed by atoms with Gasteiger partial charge in [0.25, 0.3) is 0 Å². The van der Waals surface area contributed by atoms with Crippen LogP contribution < -0.4 is 0 Å². The van der Waals surface area contributed by atoms with Gasteiger partial charge in [0.2, 0.25) is 0 Å². The van der Waals surface area contributed by atoms with E-state index in [2.05, 4.69) is 0 Å². The van der Waals surface area contributed by atoms with Gasteiger partial charge in [-0.3, -0.25) is 9.00 Å². The molecule has 2 nitrogen and oxygen atoms in total. The van der Waals surface area contributed by atoms with Crippen molar-refractivity contribution in [1.82, 2.24) is 0 Å². The van der Waals surface area contributed by atoms with E-state index >= 15 is 0 Å². The van der Waals surface area contributed by atoms with Crippen LogP contribution in [0.15, 0.2) is 23.1 Å². The van der Waals surface area contributed by atoms with E-state index in [1.165, 1.54) is 0 Å². The summed E-state index contributed by atoms with van der Waals surface area (Å²) in [5.41, 5.74) is 1.63. The highest BCUT2D eigenvalue weighted by atomic mass is 32.2. The monoisotopic (exact) mass is 252 g/mol. The van der Waals surface area contributed by atoms with Gasteiger partial charge in [0.05, 0.1) is 16.6 Å². The molecule has 17 heavy (non-hydrogen) atoms. The van der Waals surface area contributed by atoms with Gasteiger partial charge in [-0.2, -0.15) is 0 Å². The topological polar surface area (TPSA) is 34.1 Å². The van der Waals surface area contributed by atoms with Crippen LogP contribution in [0.2, 0.25) is 0 Å². The Bertz CT molecular complexity index is 456. The molecule has 0 aliphatic heterocycles. The van der Waals surface area contributed by atoms with Crippen molar-refractivity contribution < 1.29 is 9.00 Å². The highest BCUT2D eigenvalue weighted by Gasteiger charge is 2.24. The van der Waals surface area contributed by atoms with Crippen molar-refractivity contribution in [1.29, 1.82) is 0 Å². The molecule has 1 aromatic carbocycles. The second-order valence-corrected chi connectivity index (χ2v) is 6.85. The summed E-state index contributed by atoms with van der Waals surface area (Å²) in [7, 11) is -1.23. The molecule has 0 heterocycles. The summed E-state index contributed by atoms with van der Waals surface area (Å²) in [6.45, 7) is 9.46. The van der Waals surface area contributed by atoms with Crippen molar-refractivity contribution >= 4 is 16.6 Å². The minimum atomic E-state index is -1.23. The second-order valence-electron chi connectivity index (χ2n) is 5.43. The van der Waals surface area contributed by atoms with Crippen molar-refractivity contribution in [3.05, 3.63) is 29.3 Å². The van der Waals surface area contributed by atoms with Gasteiger partial charge in [-0.05, 0) is 31.0 Å². The molecule has 0 aromatic heterocycles. The molecule has 0 spiro atoms. The number of hydrogen-bond donors (Lipinski definition) is 0. The smallest absolute Gasteiger partial charge is 0.151 e. The lowest BCUT2D eigenvalue weighted by Gasteiger charge is -2.16. The number of ketones is 1. The number of rotatable bonds is 3. The first-order valence-corrected chi connectivity index (χ1v) is 7.02. The van der Waals surface area contributed by atoms with Crippen LogP contribution in [-0.4, -0.2) is 15.7 Å². The molecule has 0 N–H and O–H groups in total. The molecule has 0 bridgehead atoms. The van der Waals surface area contributed by atoms with Gasteiger partial charge in [-0.15, -0.1) is 0 Å². The molecule has 1 atom stereocenters. The normalized spacial score (nSPS) is 13.5. The third kappa shape index (κ3) is 3.77. The Hall–Kier alpha value is -0.960. The molecular formula is C14H20O2S. The molecule has 0 saturated heterocycles. The third-order valence-electron chi connectivity index (χ3n) is 2.69. The maximum atomic E-state index is 12.2. The molecule has 0 saturated carbocycles. The quantitative estimate of drug-likeness (QED) is 0.828. The number of carbonyl (C=O) groups excluding carboxylic acids is 1. The van der Waals surface area contributed by atoms with E-state index in [1.807, 2.05) is 52.8 Å². The van der Waals surface area contributed by atoms with Crippen LogP contribution in [0.1, 0.15) is 31.9 Å². The zero-order chi connectivity index (χ0) is 13.2. The summed E-state index contributed by atoms with van der Waals surface area (Å²) in [5.74, 6) is 0.144. The van der Waals surface area contributed by atoms with Crippen molar-refractivity contribution in [3.63, 3.8) is 0 Å². The highest BCUT2D eigenvalue weighted by molar-refractivity contribution is 7.85. The number of hydrogen-bond acceptors (Lipinski definition) is 2. The highest BCUT2D eigenvalue weighted by Crippen LogP contribution is 2.19. The van der Waals surface area contributed by atoms with Crippen LogP contribution in [0, 0.1) is 19.3 Å². The number of carbonyl (C=O) groups is 1. The van der Waals surface area contributed by atoms with Crippen LogP contribution >= 0.6 is 0 Å². The predicted octanol–water partition coefficient (Wildman–Crippen LogP) is 3.03. The van der Waals surface area contributed by atoms with Crippen molar-refractivity contribution in [2.45, 2.75) is 39.5 Å². The van der Waals surface area contributed by atoms with Crippen molar-refractivity contribution in [2.24, 2.45) is 5.41 Å². The predicted molar refractivity (Wildman–Crippen MR) is 71.7 cm³/mol. The van der Waals surface area contributed by atoms with Gasteiger partial charge in [0, 0.05) is 10.3 Å². The maximum Gasteiger partial charge on any atom is 0.151 e. The fourth-order valence-electron chi connectivity index (χ4n) is 1.37. The Labute approximate surface area is 106 Å². The standard InChI is InChI=1S/C14H20O2S/c1-10-6-7-11(2)12(8-10)17(16)9-13(15)14(3,4)5/h6-8H,9H2,1-5H3. The Morgan fingerprint density at radius 1 is 1.24 bits per heavy atom. The minimum absolute atomic E-state index is 0.0386. The van der Waals surface area contributed by atoms with Gasteiger partial charge in [-0.1, -0.05) is 32.9 Å². The average Bonchev–Trinajstić information content (AvgIpc) is 2.20. The van der Waals surface area contributed by atoms with Crippen LogP contribution in [0.4, 0.5) is 0 Å². The molecule has 94 valence electrons. The van der Waals surface area contributed by atoms with Crippen LogP contribution in [0.25, 0.3) is 0 Å². The largest absolute Gasteiger partial charge is 0.298 e. The Balaban J connectivity index is 2.91. The van der Waals surface area contributed by atoms with E-state index in [9.17, 15) is 9.00 Å². The van der Waals surface area contributed by atoms with Gasteiger partial charge in [0.15, 0.2) is 5.78 Å². The summed E-state index contributed by atoms with van der Waals surface area (Å²) in [6.07, 6.45) is 0.